The predicted octanol–water partition coefficient (Wildman–Crippen LogP) is 4.26. The van der Waals surface area contributed by atoms with Crippen LogP contribution in [0.2, 0.25) is 0 Å². The molecule has 1 aliphatic heterocycles. The van der Waals surface area contributed by atoms with Gasteiger partial charge in [-0.2, -0.15) is 0 Å². The molecule has 7 heteroatoms. The van der Waals surface area contributed by atoms with Gasteiger partial charge in [0.1, 0.15) is 17.3 Å². The molecule has 31 heavy (non-hydrogen) atoms. The standard InChI is InChI=1S/C24H26FN3O3/c1-2-30-23(29)24(10-6-12-28(17-24)16-18-7-5-11-26-15-18)14-19-13-22(27-31-19)20-8-3-4-9-21(20)25/h3-5,7-9,11,13,15H,2,6,10,12,14,16-17H2,1H3/t24-/m1/s1. The quantitative estimate of drug-likeness (QED) is 0.529. The highest BCUT2D eigenvalue weighted by Crippen LogP contribution is 2.37. The van der Waals surface area contributed by atoms with E-state index in [0.717, 1.165) is 18.5 Å². The third-order valence-electron chi connectivity index (χ3n) is 5.71. The monoisotopic (exact) mass is 423 g/mol. The van der Waals surface area contributed by atoms with Crippen LogP contribution in [-0.4, -0.2) is 40.7 Å². The van der Waals surface area contributed by atoms with Crippen LogP contribution in [0.25, 0.3) is 11.3 Å². The lowest BCUT2D eigenvalue weighted by molar-refractivity contribution is -0.159. The van der Waals surface area contributed by atoms with Crippen LogP contribution in [0.4, 0.5) is 4.39 Å². The molecule has 3 heterocycles. The highest BCUT2D eigenvalue weighted by molar-refractivity contribution is 5.77. The van der Waals surface area contributed by atoms with Gasteiger partial charge in [0.2, 0.25) is 0 Å². The molecule has 0 aliphatic carbocycles. The summed E-state index contributed by atoms with van der Waals surface area (Å²) in [5.74, 6) is -0.0352. The van der Waals surface area contributed by atoms with E-state index < -0.39 is 5.41 Å². The molecule has 0 bridgehead atoms. The Hall–Kier alpha value is -3.06. The molecule has 0 unspecified atom stereocenters. The van der Waals surface area contributed by atoms with Crippen molar-refractivity contribution in [2.24, 2.45) is 5.41 Å². The van der Waals surface area contributed by atoms with E-state index in [1.54, 1.807) is 30.5 Å². The van der Waals surface area contributed by atoms with Crippen molar-refractivity contribution < 1.29 is 18.4 Å². The second-order valence-electron chi connectivity index (χ2n) is 8.01. The molecule has 0 saturated carbocycles. The van der Waals surface area contributed by atoms with Gasteiger partial charge >= 0.3 is 5.97 Å². The maximum absolute atomic E-state index is 14.1. The van der Waals surface area contributed by atoms with Crippen molar-refractivity contribution in [3.8, 4) is 11.3 Å². The molecule has 0 N–H and O–H groups in total. The Labute approximate surface area is 181 Å². The van der Waals surface area contributed by atoms with Crippen molar-refractivity contribution in [3.05, 3.63) is 72.0 Å². The molecule has 0 amide bonds. The molecule has 1 saturated heterocycles. The molecule has 0 radical (unpaired) electrons. The summed E-state index contributed by atoms with van der Waals surface area (Å²) in [4.78, 5) is 19.5. The van der Waals surface area contributed by atoms with Crippen LogP contribution in [0, 0.1) is 11.2 Å². The van der Waals surface area contributed by atoms with Crippen molar-refractivity contribution in [1.29, 1.82) is 0 Å². The highest BCUT2D eigenvalue weighted by Gasteiger charge is 2.44. The highest BCUT2D eigenvalue weighted by atomic mass is 19.1. The fourth-order valence-electron chi connectivity index (χ4n) is 4.30. The molecule has 6 nitrogen and oxygen atoms in total. The van der Waals surface area contributed by atoms with Crippen molar-refractivity contribution in [3.63, 3.8) is 0 Å². The normalized spacial score (nSPS) is 19.3. The van der Waals surface area contributed by atoms with E-state index in [4.69, 9.17) is 9.26 Å². The van der Waals surface area contributed by atoms with Crippen molar-refractivity contribution in [2.45, 2.75) is 32.7 Å². The van der Waals surface area contributed by atoms with Gasteiger partial charge in [0.25, 0.3) is 0 Å². The number of piperidine rings is 1. The molecule has 1 aliphatic rings. The topological polar surface area (TPSA) is 68.5 Å². The maximum Gasteiger partial charge on any atom is 0.313 e. The molecule has 1 fully saturated rings. The van der Waals surface area contributed by atoms with Gasteiger partial charge < -0.3 is 9.26 Å². The number of carbonyl (C=O) groups excluding carboxylic acids is 1. The van der Waals surface area contributed by atoms with E-state index in [0.29, 0.717) is 49.6 Å². The number of carbonyl (C=O) groups is 1. The van der Waals surface area contributed by atoms with Crippen molar-refractivity contribution in [1.82, 2.24) is 15.0 Å². The number of rotatable bonds is 7. The number of nitrogens with zero attached hydrogens (tertiary/aromatic N) is 3. The van der Waals surface area contributed by atoms with Gasteiger partial charge in [-0.1, -0.05) is 23.4 Å². The van der Waals surface area contributed by atoms with Gasteiger partial charge in [-0.05, 0) is 50.1 Å². The van der Waals surface area contributed by atoms with E-state index in [2.05, 4.69) is 15.0 Å². The lowest BCUT2D eigenvalue weighted by atomic mass is 9.76. The van der Waals surface area contributed by atoms with Crippen LogP contribution < -0.4 is 0 Å². The summed E-state index contributed by atoms with van der Waals surface area (Å²) in [5, 5.41) is 4.05. The van der Waals surface area contributed by atoms with Crippen LogP contribution in [0.15, 0.2) is 59.4 Å². The second-order valence-corrected chi connectivity index (χ2v) is 8.01. The van der Waals surface area contributed by atoms with Gasteiger partial charge in [0, 0.05) is 43.5 Å². The summed E-state index contributed by atoms with van der Waals surface area (Å²) in [6.45, 7) is 4.29. The zero-order valence-electron chi connectivity index (χ0n) is 17.6. The first-order valence-corrected chi connectivity index (χ1v) is 10.6. The first kappa shape index (κ1) is 21.2. The van der Waals surface area contributed by atoms with Gasteiger partial charge in [0.15, 0.2) is 0 Å². The molecule has 162 valence electrons. The Morgan fingerprint density at radius 3 is 2.94 bits per heavy atom. The van der Waals surface area contributed by atoms with Crippen molar-refractivity contribution >= 4 is 5.97 Å². The van der Waals surface area contributed by atoms with Gasteiger partial charge in [-0.15, -0.1) is 0 Å². The SMILES string of the molecule is CCOC(=O)[C@@]1(Cc2cc(-c3ccccc3F)no2)CCCN(Cc2cccnc2)C1. The van der Waals surface area contributed by atoms with Gasteiger partial charge in [0.05, 0.1) is 12.0 Å². The number of aromatic nitrogens is 2. The van der Waals surface area contributed by atoms with E-state index in [-0.39, 0.29) is 11.8 Å². The van der Waals surface area contributed by atoms with E-state index in [1.165, 1.54) is 6.07 Å². The third kappa shape index (κ3) is 4.82. The molecular weight excluding hydrogens is 397 g/mol. The summed E-state index contributed by atoms with van der Waals surface area (Å²) in [6, 6.07) is 12.1. The predicted molar refractivity (Wildman–Crippen MR) is 113 cm³/mol. The van der Waals surface area contributed by atoms with Gasteiger partial charge in [-0.25, -0.2) is 4.39 Å². The molecule has 2 aromatic heterocycles. The van der Waals surface area contributed by atoms with Gasteiger partial charge in [-0.3, -0.25) is 14.7 Å². The Balaban J connectivity index is 1.56. The Bertz CT molecular complexity index is 1020. The Morgan fingerprint density at radius 2 is 2.16 bits per heavy atom. The van der Waals surface area contributed by atoms with Crippen LogP contribution in [0.3, 0.4) is 0 Å². The summed E-state index contributed by atoms with van der Waals surface area (Å²) in [7, 11) is 0. The zero-order valence-corrected chi connectivity index (χ0v) is 17.6. The number of likely N-dealkylation sites (tertiary alicyclic amines) is 1. The average molecular weight is 423 g/mol. The number of ether oxygens (including phenoxy) is 1. The molecule has 0 spiro atoms. The van der Waals surface area contributed by atoms with Crippen molar-refractivity contribution in [2.75, 3.05) is 19.7 Å². The smallest absolute Gasteiger partial charge is 0.313 e. The summed E-state index contributed by atoms with van der Waals surface area (Å²) in [5.41, 5.74) is 1.17. The molecule has 1 atom stereocenters. The number of pyridine rings is 1. The first-order chi connectivity index (χ1) is 15.1. The summed E-state index contributed by atoms with van der Waals surface area (Å²) in [6.07, 6.45) is 5.52. The zero-order chi connectivity index (χ0) is 21.7. The van der Waals surface area contributed by atoms with E-state index in [1.807, 2.05) is 25.3 Å². The third-order valence-corrected chi connectivity index (χ3v) is 5.71. The van der Waals surface area contributed by atoms with Crippen LogP contribution in [-0.2, 0) is 22.5 Å². The van der Waals surface area contributed by atoms with Crippen LogP contribution >= 0.6 is 0 Å². The first-order valence-electron chi connectivity index (χ1n) is 10.6. The number of halogens is 1. The number of hydrogen-bond acceptors (Lipinski definition) is 6. The molecule has 3 aromatic rings. The Morgan fingerprint density at radius 1 is 1.29 bits per heavy atom. The molecule has 4 rings (SSSR count). The molecular formula is C24H26FN3O3. The fraction of sp³-hybridized carbons (Fsp3) is 0.375. The lowest BCUT2D eigenvalue weighted by Gasteiger charge is -2.40. The summed E-state index contributed by atoms with van der Waals surface area (Å²) >= 11 is 0. The largest absolute Gasteiger partial charge is 0.466 e. The maximum atomic E-state index is 14.1. The summed E-state index contributed by atoms with van der Waals surface area (Å²) < 4.78 is 25.1. The van der Waals surface area contributed by atoms with E-state index in [9.17, 15) is 9.18 Å². The number of esters is 1. The number of benzene rings is 1. The lowest BCUT2D eigenvalue weighted by Crippen LogP contribution is -2.49. The van der Waals surface area contributed by atoms with E-state index >= 15 is 0 Å². The van der Waals surface area contributed by atoms with Crippen LogP contribution in [0.5, 0.6) is 0 Å². The average Bonchev–Trinajstić information content (AvgIpc) is 3.23. The Kier molecular flexibility index (Phi) is 6.42. The molecule has 1 aromatic carbocycles. The number of hydrogen-bond donors (Lipinski definition) is 0. The minimum absolute atomic E-state index is 0.227. The minimum atomic E-state index is -0.734. The fourth-order valence-corrected chi connectivity index (χ4v) is 4.30. The van der Waals surface area contributed by atoms with Crippen LogP contribution in [0.1, 0.15) is 31.1 Å². The minimum Gasteiger partial charge on any atom is -0.466 e. The second kappa shape index (κ2) is 9.39.